The zero-order valence-corrected chi connectivity index (χ0v) is 20.6. The lowest BCUT2D eigenvalue weighted by Crippen LogP contribution is -2.50. The van der Waals surface area contributed by atoms with E-state index in [4.69, 9.17) is 15.2 Å². The molecule has 0 saturated carbocycles. The fraction of sp³-hybridized carbons (Fsp3) is 0.400. The molecule has 1 fully saturated rings. The van der Waals surface area contributed by atoms with Crippen molar-refractivity contribution in [2.45, 2.75) is 12.5 Å². The number of benzene rings is 2. The summed E-state index contributed by atoms with van der Waals surface area (Å²) in [6.07, 6.45) is 0.0951. The van der Waals surface area contributed by atoms with E-state index in [2.05, 4.69) is 15.3 Å². The van der Waals surface area contributed by atoms with Crippen molar-refractivity contribution in [3.63, 3.8) is 0 Å². The number of anilines is 2. The normalized spacial score (nSPS) is 14.6. The Bertz CT molecular complexity index is 1250. The summed E-state index contributed by atoms with van der Waals surface area (Å²) in [5.74, 6) is -0.758. The highest BCUT2D eigenvalue weighted by Crippen LogP contribution is 2.37. The van der Waals surface area contributed by atoms with E-state index in [1.165, 1.54) is 32.4 Å². The first-order chi connectivity index (χ1) is 17.9. The van der Waals surface area contributed by atoms with E-state index in [9.17, 15) is 13.6 Å². The number of ether oxygens (including phenoxy) is 2. The molecule has 1 saturated heterocycles. The first-order valence-electron chi connectivity index (χ1n) is 11.8. The smallest absolute Gasteiger partial charge is 0.228 e. The van der Waals surface area contributed by atoms with Crippen LogP contribution in [0.15, 0.2) is 30.3 Å². The van der Waals surface area contributed by atoms with Gasteiger partial charge < -0.3 is 30.3 Å². The molecule has 2 aromatic carbocycles. The minimum Gasteiger partial charge on any atom is -0.493 e. The molecule has 0 aliphatic carbocycles. The van der Waals surface area contributed by atoms with Gasteiger partial charge in [0.1, 0.15) is 23.8 Å². The second-order valence-electron chi connectivity index (χ2n) is 8.55. The van der Waals surface area contributed by atoms with E-state index in [1.54, 1.807) is 17.0 Å². The standard InChI is InChI=1S/C25H29F3N6O3/c1-36-19-13-17-22(21(28)23(19)37-2)31-25(32-24(17)29)34-11-9-33(10-12-34)20(35)14-18(30-8-7-26)15-3-5-16(27)6-4-15/h3-6,13,18,30H,7-12,14H2,1-2H3,(H2,29,31,32). The zero-order chi connectivity index (χ0) is 26.5. The average Bonchev–Trinajstić information content (AvgIpc) is 2.91. The molecule has 3 N–H and O–H groups in total. The van der Waals surface area contributed by atoms with Gasteiger partial charge in [0, 0.05) is 50.6 Å². The van der Waals surface area contributed by atoms with Crippen molar-refractivity contribution in [2.75, 3.05) is 64.3 Å². The van der Waals surface area contributed by atoms with Crippen LogP contribution in [0.3, 0.4) is 0 Å². The van der Waals surface area contributed by atoms with Crippen molar-refractivity contribution in [2.24, 2.45) is 0 Å². The molecule has 2 heterocycles. The van der Waals surface area contributed by atoms with Gasteiger partial charge in [-0.2, -0.15) is 4.98 Å². The predicted molar refractivity (Wildman–Crippen MR) is 134 cm³/mol. The minimum absolute atomic E-state index is 0.0136. The Kier molecular flexibility index (Phi) is 8.17. The number of carbonyl (C=O) groups excluding carboxylic acids is 1. The SMILES string of the molecule is COc1cc2c(N)nc(N3CCN(C(=O)CC(NCCF)c4ccc(F)cc4)CC3)nc2c(F)c1OC. The number of nitrogens with zero attached hydrogens (tertiary/aromatic N) is 4. The molecular formula is C25H29F3N6O3. The maximum absolute atomic E-state index is 15.1. The number of nitrogen functional groups attached to an aromatic ring is 1. The summed E-state index contributed by atoms with van der Waals surface area (Å²) in [6, 6.07) is 6.88. The number of piperazine rings is 1. The van der Waals surface area contributed by atoms with E-state index >= 15 is 4.39 Å². The molecule has 1 atom stereocenters. The second kappa shape index (κ2) is 11.5. The number of fused-ring (bicyclic) bond motifs is 1. The lowest BCUT2D eigenvalue weighted by atomic mass is 10.0. The summed E-state index contributed by atoms with van der Waals surface area (Å²) in [5.41, 5.74) is 6.84. The molecule has 1 aliphatic heterocycles. The van der Waals surface area contributed by atoms with E-state index in [1.807, 2.05) is 4.90 Å². The van der Waals surface area contributed by atoms with Crippen LogP contribution in [0.25, 0.3) is 10.9 Å². The summed E-state index contributed by atoms with van der Waals surface area (Å²) in [6.45, 7) is 1.08. The van der Waals surface area contributed by atoms with Crippen LogP contribution in [0, 0.1) is 11.6 Å². The van der Waals surface area contributed by atoms with Gasteiger partial charge in [-0.25, -0.2) is 18.2 Å². The number of methoxy groups -OCH3 is 2. The van der Waals surface area contributed by atoms with Gasteiger partial charge in [0.25, 0.3) is 0 Å². The molecule has 0 radical (unpaired) electrons. The van der Waals surface area contributed by atoms with Gasteiger partial charge in [-0.05, 0) is 23.8 Å². The molecule has 1 amide bonds. The number of amides is 1. The van der Waals surface area contributed by atoms with Crippen LogP contribution in [-0.2, 0) is 4.79 Å². The van der Waals surface area contributed by atoms with Gasteiger partial charge in [0.05, 0.1) is 14.2 Å². The van der Waals surface area contributed by atoms with Crippen LogP contribution < -0.4 is 25.4 Å². The Balaban J connectivity index is 1.46. The number of nitrogens with one attached hydrogen (secondary N) is 1. The summed E-state index contributed by atoms with van der Waals surface area (Å²) >= 11 is 0. The number of nitrogens with two attached hydrogens (primary N) is 1. The second-order valence-corrected chi connectivity index (χ2v) is 8.55. The highest BCUT2D eigenvalue weighted by Gasteiger charge is 2.27. The van der Waals surface area contributed by atoms with Gasteiger partial charge in [-0.3, -0.25) is 4.79 Å². The summed E-state index contributed by atoms with van der Waals surface area (Å²) in [4.78, 5) is 25.3. The van der Waals surface area contributed by atoms with Gasteiger partial charge in [-0.1, -0.05) is 12.1 Å². The number of halogens is 3. The first-order valence-corrected chi connectivity index (χ1v) is 11.8. The molecule has 1 aliphatic rings. The summed E-state index contributed by atoms with van der Waals surface area (Å²) in [5, 5.41) is 3.32. The zero-order valence-electron chi connectivity index (χ0n) is 20.6. The molecule has 9 nitrogen and oxygen atoms in total. The highest BCUT2D eigenvalue weighted by atomic mass is 19.1. The molecule has 198 valence electrons. The average molecular weight is 519 g/mol. The fourth-order valence-electron chi connectivity index (χ4n) is 4.37. The molecule has 0 spiro atoms. The first kappa shape index (κ1) is 26.3. The molecule has 0 bridgehead atoms. The monoisotopic (exact) mass is 518 g/mol. The van der Waals surface area contributed by atoms with Crippen molar-refractivity contribution >= 4 is 28.6 Å². The third-order valence-electron chi connectivity index (χ3n) is 6.35. The molecule has 37 heavy (non-hydrogen) atoms. The molecule has 3 aromatic rings. The Labute approximate surface area is 212 Å². The highest BCUT2D eigenvalue weighted by molar-refractivity contribution is 5.92. The third kappa shape index (κ3) is 5.63. The van der Waals surface area contributed by atoms with Crippen molar-refractivity contribution < 1.29 is 27.4 Å². The lowest BCUT2D eigenvalue weighted by molar-refractivity contribution is -0.132. The third-order valence-corrected chi connectivity index (χ3v) is 6.35. The van der Waals surface area contributed by atoms with Crippen LogP contribution in [0.1, 0.15) is 18.0 Å². The Morgan fingerprint density at radius 3 is 2.43 bits per heavy atom. The topological polar surface area (TPSA) is 106 Å². The Morgan fingerprint density at radius 1 is 1.11 bits per heavy atom. The van der Waals surface area contributed by atoms with Crippen LogP contribution in [0.5, 0.6) is 11.5 Å². The van der Waals surface area contributed by atoms with Gasteiger partial charge >= 0.3 is 0 Å². The lowest BCUT2D eigenvalue weighted by Gasteiger charge is -2.35. The van der Waals surface area contributed by atoms with Crippen LogP contribution in [0.2, 0.25) is 0 Å². The van der Waals surface area contributed by atoms with E-state index < -0.39 is 18.5 Å². The number of hydrogen-bond acceptors (Lipinski definition) is 8. The Hall–Kier alpha value is -3.80. The van der Waals surface area contributed by atoms with Crippen molar-refractivity contribution in [3.8, 4) is 11.5 Å². The maximum atomic E-state index is 15.1. The largest absolute Gasteiger partial charge is 0.493 e. The van der Waals surface area contributed by atoms with E-state index in [0.717, 1.165) is 0 Å². The summed E-state index contributed by atoms with van der Waals surface area (Å²) in [7, 11) is 2.73. The number of aromatic nitrogens is 2. The molecule has 12 heteroatoms. The number of hydrogen-bond donors (Lipinski definition) is 2. The minimum atomic E-state index is -0.700. The van der Waals surface area contributed by atoms with Crippen LogP contribution in [-0.4, -0.2) is 74.4 Å². The van der Waals surface area contributed by atoms with E-state index in [-0.39, 0.29) is 53.5 Å². The fourth-order valence-corrected chi connectivity index (χ4v) is 4.37. The quantitative estimate of drug-likeness (QED) is 0.446. The van der Waals surface area contributed by atoms with Gasteiger partial charge in [-0.15, -0.1) is 0 Å². The van der Waals surface area contributed by atoms with Crippen molar-refractivity contribution in [1.82, 2.24) is 20.2 Å². The predicted octanol–water partition coefficient (Wildman–Crippen LogP) is 2.85. The maximum Gasteiger partial charge on any atom is 0.228 e. The molecule has 1 unspecified atom stereocenters. The van der Waals surface area contributed by atoms with Crippen molar-refractivity contribution in [1.29, 1.82) is 0 Å². The number of rotatable bonds is 9. The van der Waals surface area contributed by atoms with Gasteiger partial charge in [0.2, 0.25) is 11.9 Å². The molecule has 1 aromatic heterocycles. The van der Waals surface area contributed by atoms with E-state index in [0.29, 0.717) is 37.1 Å². The number of alkyl halides is 1. The van der Waals surface area contributed by atoms with Gasteiger partial charge in [0.15, 0.2) is 17.3 Å². The summed E-state index contributed by atoms with van der Waals surface area (Å²) < 4.78 is 51.5. The van der Waals surface area contributed by atoms with Crippen molar-refractivity contribution in [3.05, 3.63) is 47.5 Å². The van der Waals surface area contributed by atoms with Crippen LogP contribution in [0.4, 0.5) is 24.9 Å². The molecular weight excluding hydrogens is 489 g/mol. The molecule has 4 rings (SSSR count). The Morgan fingerprint density at radius 2 is 1.81 bits per heavy atom. The van der Waals surface area contributed by atoms with Crippen LogP contribution >= 0.6 is 0 Å². The number of carbonyl (C=O) groups is 1.